The summed E-state index contributed by atoms with van der Waals surface area (Å²) in [5, 5.41) is 40.6. The van der Waals surface area contributed by atoms with Crippen LogP contribution in [0.5, 0.6) is 17.2 Å². The first-order chi connectivity index (χ1) is 32.1. The molecule has 9 rings (SSSR count). The van der Waals surface area contributed by atoms with E-state index in [1.807, 2.05) is 92.7 Å². The van der Waals surface area contributed by atoms with E-state index in [4.69, 9.17) is 9.22 Å². The first-order valence-corrected chi connectivity index (χ1v) is 24.3. The molecule has 0 atom stereocenters. The first kappa shape index (κ1) is 48.9. The largest absolute Gasteiger partial charge is 0.505 e. The summed E-state index contributed by atoms with van der Waals surface area (Å²) in [7, 11) is -3.29. The minimum Gasteiger partial charge on any atom is -0.505 e. The molecule has 350 valence electrons. The highest BCUT2D eigenvalue weighted by atomic mass is 32.2. The number of benzene rings is 7. The number of aryl methyl sites for hydroxylation is 3. The molecule has 0 amide bonds. The number of unbranched alkanes of at least 4 members (excludes halogenated alkanes) is 1. The first-order valence-electron chi connectivity index (χ1n) is 22.0. The molecule has 0 unspecified atom stereocenters. The predicted molar refractivity (Wildman–Crippen MR) is 273 cm³/mol. The maximum Gasteiger partial charge on any atom is 0.178 e. The fraction of sp³-hybridized carbons (Fsp3) is 0.222. The second-order valence-corrected chi connectivity index (χ2v) is 20.4. The molecule has 2 heterocycles. The van der Waals surface area contributed by atoms with Crippen molar-refractivity contribution in [1.82, 2.24) is 30.0 Å². The van der Waals surface area contributed by atoms with E-state index >= 15 is 0 Å². The van der Waals surface area contributed by atoms with Gasteiger partial charge in [-0.25, -0.2) is 8.42 Å². The zero-order valence-corrected chi connectivity index (χ0v) is 40.1. The lowest BCUT2D eigenvalue weighted by atomic mass is 9.84. The van der Waals surface area contributed by atoms with Crippen LogP contribution in [0.2, 0.25) is 0 Å². The van der Waals surface area contributed by atoms with Crippen molar-refractivity contribution in [1.29, 1.82) is 0 Å². The molecule has 0 radical (unpaired) electrons. The third kappa shape index (κ3) is 11.1. The van der Waals surface area contributed by atoms with E-state index in [1.165, 1.54) is 9.59 Å². The van der Waals surface area contributed by atoms with Crippen molar-refractivity contribution in [2.24, 2.45) is 0 Å². The van der Waals surface area contributed by atoms with Gasteiger partial charge in [-0.15, -0.1) is 34.3 Å². The van der Waals surface area contributed by atoms with E-state index in [0.29, 0.717) is 45.0 Å². The van der Waals surface area contributed by atoms with Gasteiger partial charge in [-0.05, 0) is 128 Å². The molecule has 0 spiro atoms. The quantitative estimate of drug-likeness (QED) is 0.0683. The summed E-state index contributed by atoms with van der Waals surface area (Å²) >= 11 is 1.13. The van der Waals surface area contributed by atoms with Crippen LogP contribution in [0.25, 0.3) is 55.7 Å². The molecule has 0 aliphatic rings. The highest BCUT2D eigenvalue weighted by molar-refractivity contribution is 7.94. The molecular formula is C54H56N6O6S2. The maximum atomic E-state index is 12.4. The Balaban J connectivity index is 0.000000203. The Bertz CT molecular complexity index is 3270. The molecule has 7 aromatic carbocycles. The van der Waals surface area contributed by atoms with Gasteiger partial charge in [-0.2, -0.15) is 0 Å². The van der Waals surface area contributed by atoms with Gasteiger partial charge < -0.3 is 15.1 Å². The summed E-state index contributed by atoms with van der Waals surface area (Å²) in [4.78, 5) is 9.61. The topological polar surface area (TPSA) is 154 Å². The summed E-state index contributed by atoms with van der Waals surface area (Å²) in [6.07, 6.45) is 1.46. The molecule has 0 fully saturated rings. The van der Waals surface area contributed by atoms with Crippen LogP contribution in [-0.2, 0) is 19.6 Å². The fourth-order valence-corrected chi connectivity index (χ4v) is 9.49. The van der Waals surface area contributed by atoms with Crippen molar-refractivity contribution in [3.8, 4) is 50.9 Å². The summed E-state index contributed by atoms with van der Waals surface area (Å²) in [6.45, 7) is 14.5. The maximum absolute atomic E-state index is 12.4. The second kappa shape index (κ2) is 20.5. The van der Waals surface area contributed by atoms with E-state index in [-0.39, 0.29) is 30.1 Å². The molecule has 0 saturated heterocycles. The van der Waals surface area contributed by atoms with E-state index < -0.39 is 9.84 Å². The average molecular weight is 949 g/mol. The number of fused-ring (bicyclic) bond motifs is 2. The Morgan fingerprint density at radius 3 is 1.75 bits per heavy atom. The van der Waals surface area contributed by atoms with Crippen LogP contribution in [0.1, 0.15) is 70.2 Å². The lowest BCUT2D eigenvalue weighted by Crippen LogP contribution is -2.13. The monoisotopic (exact) mass is 948 g/mol. The smallest absolute Gasteiger partial charge is 0.178 e. The zero-order valence-electron chi connectivity index (χ0n) is 38.4. The van der Waals surface area contributed by atoms with Gasteiger partial charge >= 0.3 is 0 Å². The van der Waals surface area contributed by atoms with E-state index in [2.05, 4.69) is 79.3 Å². The number of nitrogens with zero attached hydrogens (tertiary/aromatic N) is 6. The van der Waals surface area contributed by atoms with Crippen molar-refractivity contribution >= 4 is 43.9 Å². The normalized spacial score (nSPS) is 11.6. The molecule has 12 nitrogen and oxygen atoms in total. The Hall–Kier alpha value is -7.00. The number of rotatable bonds is 12. The summed E-state index contributed by atoms with van der Waals surface area (Å²) in [5.74, 6) is 0.827. The van der Waals surface area contributed by atoms with Crippen molar-refractivity contribution in [2.75, 3.05) is 5.75 Å². The molecular weight excluding hydrogens is 893 g/mol. The molecule has 2 N–H and O–H groups in total. The number of aromatic nitrogens is 6. The van der Waals surface area contributed by atoms with Crippen LogP contribution in [0.15, 0.2) is 149 Å². The van der Waals surface area contributed by atoms with Gasteiger partial charge in [-0.3, -0.25) is 0 Å². The third-order valence-electron chi connectivity index (χ3n) is 11.1. The standard InChI is InChI=1S/C30H29N3O3S.C23H23N3O3S.CH4/c1-19-13-20(2)15-21(14-19)25-16-22(30(3,4)5)17-28(29(25)34)33-31-26-12-11-23(18-27(26)32-33)35-36-37-24-9-7-6-8-10-24;1-3-4-13-30(28,29)18-11-9-17(10-12-18)19-14-16(2)15-22(23(19)27)26-24-20-7-5-6-8-21(20)25-26;/h6-18,34H,1-5H3;5-12,14-15,27H,3-4,13H2,1-2H3;1H4. The number of phenolic OH excluding ortho intramolecular Hbond substituents is 2. The van der Waals surface area contributed by atoms with Gasteiger partial charge in [0.1, 0.15) is 33.4 Å². The molecule has 9 aromatic rings. The summed E-state index contributed by atoms with van der Waals surface area (Å²) in [5.41, 5.74) is 11.0. The fourth-order valence-electron chi connectivity index (χ4n) is 7.57. The van der Waals surface area contributed by atoms with Crippen LogP contribution in [0, 0.1) is 20.8 Å². The average Bonchev–Trinajstić information content (AvgIpc) is 3.94. The minimum absolute atomic E-state index is 0. The van der Waals surface area contributed by atoms with Crippen LogP contribution in [0.3, 0.4) is 0 Å². The van der Waals surface area contributed by atoms with Gasteiger partial charge in [0, 0.05) is 22.1 Å². The Morgan fingerprint density at radius 2 is 1.15 bits per heavy atom. The zero-order chi connectivity index (χ0) is 47.5. The van der Waals surface area contributed by atoms with E-state index in [1.54, 1.807) is 36.4 Å². The van der Waals surface area contributed by atoms with Crippen molar-refractivity contribution in [2.45, 2.75) is 83.9 Å². The van der Waals surface area contributed by atoms with Crippen molar-refractivity contribution < 1.29 is 27.9 Å². The van der Waals surface area contributed by atoms with Crippen LogP contribution in [-0.4, -0.2) is 54.4 Å². The number of hydrogen-bond donors (Lipinski definition) is 2. The van der Waals surface area contributed by atoms with Crippen molar-refractivity contribution in [3.05, 3.63) is 162 Å². The van der Waals surface area contributed by atoms with Gasteiger partial charge in [0.25, 0.3) is 0 Å². The van der Waals surface area contributed by atoms with Crippen LogP contribution >= 0.6 is 12.0 Å². The van der Waals surface area contributed by atoms with Gasteiger partial charge in [-0.1, -0.05) is 113 Å². The highest BCUT2D eigenvalue weighted by Crippen LogP contribution is 2.40. The highest BCUT2D eigenvalue weighted by Gasteiger charge is 2.23. The molecule has 14 heteroatoms. The lowest BCUT2D eigenvalue weighted by Gasteiger charge is -2.22. The van der Waals surface area contributed by atoms with Gasteiger partial charge in [0.2, 0.25) is 0 Å². The number of aromatic hydroxyl groups is 2. The molecule has 0 aliphatic heterocycles. The summed E-state index contributed by atoms with van der Waals surface area (Å²) in [6, 6.07) is 43.2. The number of hydrogen-bond acceptors (Lipinski definition) is 11. The Labute approximate surface area is 402 Å². The Morgan fingerprint density at radius 1 is 0.603 bits per heavy atom. The Kier molecular flexibility index (Phi) is 14.7. The molecule has 0 bridgehead atoms. The molecule has 0 aliphatic carbocycles. The second-order valence-electron chi connectivity index (χ2n) is 17.6. The van der Waals surface area contributed by atoms with E-state index in [0.717, 1.165) is 73.3 Å². The minimum atomic E-state index is -3.29. The van der Waals surface area contributed by atoms with Crippen LogP contribution in [0.4, 0.5) is 0 Å². The van der Waals surface area contributed by atoms with E-state index in [9.17, 15) is 18.6 Å². The summed E-state index contributed by atoms with van der Waals surface area (Å²) < 4.78 is 30.2. The SMILES string of the molecule is C.CCCCS(=O)(=O)c1ccc(-c2cc(C)cc(-n3nc4ccccc4n3)c2O)cc1.Cc1cc(C)cc(-c2cc(C(C)(C)C)cc(-n3nc4ccc(OOSc5ccccc5)cc4n3)c2O)c1. The third-order valence-corrected chi connectivity index (χ3v) is 13.5. The molecule has 2 aromatic heterocycles. The van der Waals surface area contributed by atoms with Gasteiger partial charge in [0.15, 0.2) is 27.1 Å². The van der Waals surface area contributed by atoms with Crippen LogP contribution < -0.4 is 4.89 Å². The van der Waals surface area contributed by atoms with Gasteiger partial charge in [0.05, 0.1) is 22.7 Å². The lowest BCUT2D eigenvalue weighted by molar-refractivity contribution is -0.0776. The number of sulfone groups is 1. The number of phenols is 2. The molecule has 68 heavy (non-hydrogen) atoms. The molecule has 0 saturated carbocycles. The predicted octanol–water partition coefficient (Wildman–Crippen LogP) is 13.0. The van der Waals surface area contributed by atoms with Crippen molar-refractivity contribution in [3.63, 3.8) is 0 Å².